The first-order valence-electron chi connectivity index (χ1n) is 4.09. The molecule has 1 rings (SSSR count). The SMILES string of the molecule is C=Cc1c(CO)cc(O)c(O)c1C=C. The van der Waals surface area contributed by atoms with Gasteiger partial charge in [-0.1, -0.05) is 25.3 Å². The van der Waals surface area contributed by atoms with E-state index in [0.717, 1.165) is 0 Å². The van der Waals surface area contributed by atoms with Crippen LogP contribution in [0.5, 0.6) is 11.5 Å². The number of phenolic OH excluding ortho intramolecular Hbond substituents is 2. The summed E-state index contributed by atoms with van der Waals surface area (Å²) < 4.78 is 0. The quantitative estimate of drug-likeness (QED) is 0.641. The zero-order chi connectivity index (χ0) is 10.7. The van der Waals surface area contributed by atoms with E-state index < -0.39 is 0 Å². The van der Waals surface area contributed by atoms with Crippen molar-refractivity contribution in [2.45, 2.75) is 6.61 Å². The van der Waals surface area contributed by atoms with E-state index in [9.17, 15) is 10.2 Å². The number of aliphatic hydroxyl groups excluding tert-OH is 1. The molecule has 1 aromatic rings. The van der Waals surface area contributed by atoms with Gasteiger partial charge in [-0.05, 0) is 17.2 Å². The molecule has 0 saturated carbocycles. The molecule has 0 radical (unpaired) electrons. The molecule has 0 atom stereocenters. The third-order valence-corrected chi connectivity index (χ3v) is 2.02. The molecule has 0 unspecified atom stereocenters. The van der Waals surface area contributed by atoms with Crippen molar-refractivity contribution < 1.29 is 15.3 Å². The van der Waals surface area contributed by atoms with Gasteiger partial charge < -0.3 is 15.3 Å². The monoisotopic (exact) mass is 192 g/mol. The van der Waals surface area contributed by atoms with Crippen LogP contribution in [0.3, 0.4) is 0 Å². The highest BCUT2D eigenvalue weighted by atomic mass is 16.3. The van der Waals surface area contributed by atoms with E-state index in [-0.39, 0.29) is 18.1 Å². The van der Waals surface area contributed by atoms with Crippen LogP contribution in [0.1, 0.15) is 16.7 Å². The topological polar surface area (TPSA) is 60.7 Å². The Balaban J connectivity index is 3.57. The Morgan fingerprint density at radius 3 is 2.14 bits per heavy atom. The maximum Gasteiger partial charge on any atom is 0.165 e. The van der Waals surface area contributed by atoms with E-state index in [0.29, 0.717) is 16.7 Å². The molecule has 74 valence electrons. The summed E-state index contributed by atoms with van der Waals surface area (Å²) in [6.45, 7) is 6.86. The molecule has 0 aromatic heterocycles. The van der Waals surface area contributed by atoms with Crippen LogP contribution < -0.4 is 0 Å². The molecule has 0 bridgehead atoms. The average molecular weight is 192 g/mol. The van der Waals surface area contributed by atoms with Crippen LogP contribution in [0.15, 0.2) is 19.2 Å². The van der Waals surface area contributed by atoms with E-state index in [1.165, 1.54) is 18.2 Å². The zero-order valence-electron chi connectivity index (χ0n) is 7.70. The Labute approximate surface area is 82.3 Å². The van der Waals surface area contributed by atoms with E-state index in [1.807, 2.05) is 0 Å². The normalized spacial score (nSPS) is 9.79. The highest BCUT2D eigenvalue weighted by Crippen LogP contribution is 2.35. The molecule has 3 nitrogen and oxygen atoms in total. The largest absolute Gasteiger partial charge is 0.504 e. The molecule has 0 spiro atoms. The second-order valence-electron chi connectivity index (χ2n) is 2.80. The number of aromatic hydroxyl groups is 2. The standard InChI is InChI=1S/C11H12O3/c1-3-8-7(6-12)5-10(13)11(14)9(8)4-2/h3-5,12-14H,1-2,6H2. The minimum Gasteiger partial charge on any atom is -0.504 e. The summed E-state index contributed by atoms with van der Waals surface area (Å²) in [6, 6.07) is 1.30. The molecule has 0 saturated heterocycles. The van der Waals surface area contributed by atoms with Gasteiger partial charge in [0.2, 0.25) is 0 Å². The molecule has 3 heteroatoms. The number of hydrogen-bond donors (Lipinski definition) is 3. The second-order valence-corrected chi connectivity index (χ2v) is 2.80. The van der Waals surface area contributed by atoms with Crippen molar-refractivity contribution in [3.05, 3.63) is 35.9 Å². The Kier molecular flexibility index (Phi) is 2.94. The van der Waals surface area contributed by atoms with Gasteiger partial charge in [-0.2, -0.15) is 0 Å². The average Bonchev–Trinajstić information content (AvgIpc) is 2.20. The number of rotatable bonds is 3. The Hall–Kier alpha value is -1.74. The highest BCUT2D eigenvalue weighted by Gasteiger charge is 2.12. The summed E-state index contributed by atoms with van der Waals surface area (Å²) in [5.74, 6) is -0.512. The van der Waals surface area contributed by atoms with Gasteiger partial charge in [-0.3, -0.25) is 0 Å². The Bertz CT molecular complexity index is 381. The first-order chi connectivity index (χ1) is 6.65. The van der Waals surface area contributed by atoms with Crippen LogP contribution in [0.2, 0.25) is 0 Å². The molecule has 14 heavy (non-hydrogen) atoms. The van der Waals surface area contributed by atoms with Gasteiger partial charge in [-0.25, -0.2) is 0 Å². The van der Waals surface area contributed by atoms with Gasteiger partial charge in [0, 0.05) is 5.56 Å². The van der Waals surface area contributed by atoms with Crippen molar-refractivity contribution in [3.63, 3.8) is 0 Å². The van der Waals surface area contributed by atoms with Crippen LogP contribution in [-0.2, 0) is 6.61 Å². The van der Waals surface area contributed by atoms with Crippen molar-refractivity contribution in [1.82, 2.24) is 0 Å². The smallest absolute Gasteiger partial charge is 0.165 e. The molecule has 0 amide bonds. The maximum atomic E-state index is 9.48. The fourth-order valence-electron chi connectivity index (χ4n) is 1.33. The Morgan fingerprint density at radius 2 is 1.71 bits per heavy atom. The summed E-state index contributed by atoms with van der Waals surface area (Å²) in [4.78, 5) is 0. The number of aliphatic hydroxyl groups is 1. The van der Waals surface area contributed by atoms with Crippen LogP contribution >= 0.6 is 0 Å². The number of hydrogen-bond acceptors (Lipinski definition) is 3. The number of phenols is 2. The van der Waals surface area contributed by atoms with Gasteiger partial charge >= 0.3 is 0 Å². The first kappa shape index (κ1) is 10.3. The maximum absolute atomic E-state index is 9.48. The second kappa shape index (κ2) is 3.98. The first-order valence-corrected chi connectivity index (χ1v) is 4.09. The zero-order valence-corrected chi connectivity index (χ0v) is 7.70. The lowest BCUT2D eigenvalue weighted by atomic mass is 9.99. The van der Waals surface area contributed by atoms with Gasteiger partial charge in [0.25, 0.3) is 0 Å². The summed E-state index contributed by atoms with van der Waals surface area (Å²) in [5.41, 5.74) is 1.46. The van der Waals surface area contributed by atoms with Crippen molar-refractivity contribution >= 4 is 12.2 Å². The minimum absolute atomic E-state index is 0.226. The van der Waals surface area contributed by atoms with Crippen molar-refractivity contribution in [2.75, 3.05) is 0 Å². The fourth-order valence-corrected chi connectivity index (χ4v) is 1.33. The van der Waals surface area contributed by atoms with Gasteiger partial charge in [0.15, 0.2) is 11.5 Å². The molecule has 0 aliphatic heterocycles. The van der Waals surface area contributed by atoms with E-state index in [2.05, 4.69) is 13.2 Å². The van der Waals surface area contributed by atoms with E-state index in [1.54, 1.807) is 0 Å². The molecule has 0 heterocycles. The van der Waals surface area contributed by atoms with Gasteiger partial charge in [0.05, 0.1) is 6.61 Å². The van der Waals surface area contributed by atoms with Crippen molar-refractivity contribution in [2.24, 2.45) is 0 Å². The van der Waals surface area contributed by atoms with Crippen LogP contribution in [-0.4, -0.2) is 15.3 Å². The molecule has 1 aromatic carbocycles. The fraction of sp³-hybridized carbons (Fsp3) is 0.0909. The number of benzene rings is 1. The summed E-state index contributed by atoms with van der Waals surface area (Å²) in [6.07, 6.45) is 2.91. The summed E-state index contributed by atoms with van der Waals surface area (Å²) >= 11 is 0. The Morgan fingerprint density at radius 1 is 1.14 bits per heavy atom. The third-order valence-electron chi connectivity index (χ3n) is 2.02. The van der Waals surface area contributed by atoms with Crippen LogP contribution in [0.4, 0.5) is 0 Å². The lowest BCUT2D eigenvalue weighted by molar-refractivity contribution is 0.280. The van der Waals surface area contributed by atoms with Crippen LogP contribution in [0.25, 0.3) is 12.2 Å². The molecular formula is C11H12O3. The van der Waals surface area contributed by atoms with E-state index >= 15 is 0 Å². The lowest BCUT2D eigenvalue weighted by Gasteiger charge is -2.10. The summed E-state index contributed by atoms with van der Waals surface area (Å²) in [7, 11) is 0. The van der Waals surface area contributed by atoms with Crippen molar-refractivity contribution in [1.29, 1.82) is 0 Å². The van der Waals surface area contributed by atoms with Crippen LogP contribution in [0, 0.1) is 0 Å². The van der Waals surface area contributed by atoms with Gasteiger partial charge in [0.1, 0.15) is 0 Å². The third kappa shape index (κ3) is 1.49. The molecular weight excluding hydrogens is 180 g/mol. The predicted molar refractivity (Wildman–Crippen MR) is 55.9 cm³/mol. The van der Waals surface area contributed by atoms with Gasteiger partial charge in [-0.15, -0.1) is 0 Å². The summed E-state index contributed by atoms with van der Waals surface area (Å²) in [5, 5.41) is 27.8. The highest BCUT2D eigenvalue weighted by molar-refractivity contribution is 5.73. The van der Waals surface area contributed by atoms with E-state index in [4.69, 9.17) is 5.11 Å². The molecule has 3 N–H and O–H groups in total. The lowest BCUT2D eigenvalue weighted by Crippen LogP contribution is -1.92. The molecule has 0 fully saturated rings. The minimum atomic E-state index is -0.269. The molecule has 0 aliphatic carbocycles. The molecule has 0 aliphatic rings. The van der Waals surface area contributed by atoms with Crippen molar-refractivity contribution in [3.8, 4) is 11.5 Å². The predicted octanol–water partition coefficient (Wildman–Crippen LogP) is 1.88.